The number of likely N-dealkylation sites (tertiary alicyclic amines) is 1. The van der Waals surface area contributed by atoms with Gasteiger partial charge in [-0.3, -0.25) is 9.20 Å². The van der Waals surface area contributed by atoms with Crippen molar-refractivity contribution in [1.82, 2.24) is 19.3 Å². The maximum atomic E-state index is 14.9. The third-order valence-electron chi connectivity index (χ3n) is 8.04. The number of imidazole rings is 1. The largest absolute Gasteiger partial charge is 0.490 e. The van der Waals surface area contributed by atoms with Crippen LogP contribution in [-0.4, -0.2) is 96.3 Å². The van der Waals surface area contributed by atoms with Gasteiger partial charge in [0.1, 0.15) is 6.07 Å². The highest BCUT2D eigenvalue weighted by molar-refractivity contribution is 6.34. The number of alkyl halides is 3. The number of hydrogen-bond acceptors (Lipinski definition) is 8. The molecule has 1 N–H and O–H groups in total. The van der Waals surface area contributed by atoms with Crippen LogP contribution in [0.5, 0.6) is 5.75 Å². The van der Waals surface area contributed by atoms with E-state index >= 15 is 0 Å². The Morgan fingerprint density at radius 1 is 1.18 bits per heavy atom. The lowest BCUT2D eigenvalue weighted by Crippen LogP contribution is -2.37. The van der Waals surface area contributed by atoms with Crippen molar-refractivity contribution in [3.8, 4) is 23.1 Å². The molecule has 2 aromatic carbocycles. The molecule has 0 radical (unpaired) electrons. The zero-order valence-electron chi connectivity index (χ0n) is 27.5. The van der Waals surface area contributed by atoms with Gasteiger partial charge >= 0.3 is 12.1 Å². The summed E-state index contributed by atoms with van der Waals surface area (Å²) >= 11 is 6.54. The summed E-state index contributed by atoms with van der Waals surface area (Å²) in [7, 11) is 6.94. The summed E-state index contributed by atoms with van der Waals surface area (Å²) < 4.78 is 73.3. The number of benzene rings is 2. The maximum Gasteiger partial charge on any atom is 0.490 e. The standard InChI is InChI=1S/C30H30ClF2N7O2.C3H3F3O2/c1-38(12-8-19-9-14-40(2,3)18-19)30(41)21-5-4-20(16-23(21)31)37-28-29-36-17-24(39(29)13-11-35-28)22-6-7-25(42-15-10-34)27(33)26(22)32;1-8-2(7)3(4,5)6/h4-7,11,13,16-17,19H,8-9,12,14-15,18H2,1-3H3;1H3/p+1. The van der Waals surface area contributed by atoms with E-state index in [0.29, 0.717) is 53.0 Å². The molecule has 4 aromatic rings. The number of anilines is 2. The number of carbonyl (C=O) groups is 2. The first-order chi connectivity index (χ1) is 23.6. The molecule has 1 fully saturated rings. The number of nitrogens with one attached hydrogen (secondary N) is 1. The van der Waals surface area contributed by atoms with E-state index in [-0.39, 0.29) is 17.2 Å². The Kier molecular flexibility index (Phi) is 11.9. The van der Waals surface area contributed by atoms with E-state index in [1.165, 1.54) is 30.9 Å². The summed E-state index contributed by atoms with van der Waals surface area (Å²) in [6.07, 6.45) is 1.76. The lowest BCUT2D eigenvalue weighted by molar-refractivity contribution is -0.879. The number of carbonyl (C=O) groups excluding carboxylic acids is 2. The molecule has 1 aliphatic rings. The van der Waals surface area contributed by atoms with Gasteiger partial charge in [-0.1, -0.05) is 11.6 Å². The first-order valence-electron chi connectivity index (χ1n) is 15.2. The van der Waals surface area contributed by atoms with Crippen molar-refractivity contribution in [1.29, 1.82) is 5.26 Å². The second kappa shape index (κ2) is 15.7. The second-order valence-corrected chi connectivity index (χ2v) is 12.5. The Morgan fingerprint density at radius 3 is 2.52 bits per heavy atom. The number of quaternary nitrogens is 1. The van der Waals surface area contributed by atoms with Gasteiger partial charge < -0.3 is 24.2 Å². The summed E-state index contributed by atoms with van der Waals surface area (Å²) in [4.78, 5) is 33.0. The number of rotatable bonds is 9. The Morgan fingerprint density at radius 2 is 1.92 bits per heavy atom. The molecule has 17 heteroatoms. The fourth-order valence-corrected chi connectivity index (χ4v) is 5.77. The van der Waals surface area contributed by atoms with Gasteiger partial charge in [0.15, 0.2) is 29.6 Å². The number of methoxy groups -OCH3 is 1. The average Bonchev–Trinajstić information content (AvgIpc) is 3.66. The molecule has 1 unspecified atom stereocenters. The molecular formula is C33H34ClF5N7O4+. The minimum Gasteiger partial charge on any atom is -0.476 e. The number of nitrogens with zero attached hydrogens (tertiary/aromatic N) is 6. The van der Waals surface area contributed by atoms with E-state index in [1.807, 2.05) is 0 Å². The van der Waals surface area contributed by atoms with Crippen LogP contribution in [0.1, 0.15) is 23.2 Å². The van der Waals surface area contributed by atoms with Crippen molar-refractivity contribution in [3.63, 3.8) is 0 Å². The molecule has 50 heavy (non-hydrogen) atoms. The molecule has 1 saturated heterocycles. The van der Waals surface area contributed by atoms with Gasteiger partial charge in [-0.25, -0.2) is 19.2 Å². The summed E-state index contributed by atoms with van der Waals surface area (Å²) in [5.41, 5.74) is 1.60. The van der Waals surface area contributed by atoms with Gasteiger partial charge in [0, 0.05) is 49.6 Å². The Hall–Kier alpha value is -5.01. The number of ether oxygens (including phenoxy) is 2. The van der Waals surface area contributed by atoms with E-state index in [4.69, 9.17) is 21.6 Å². The van der Waals surface area contributed by atoms with Gasteiger partial charge in [0.2, 0.25) is 5.82 Å². The highest BCUT2D eigenvalue weighted by Crippen LogP contribution is 2.32. The number of nitriles is 1. The fraction of sp³-hybridized carbons (Fsp3) is 0.364. The molecule has 0 saturated carbocycles. The fourth-order valence-electron chi connectivity index (χ4n) is 5.51. The smallest absolute Gasteiger partial charge is 0.476 e. The molecule has 0 aliphatic carbocycles. The van der Waals surface area contributed by atoms with Crippen LogP contribution in [0.2, 0.25) is 5.02 Å². The van der Waals surface area contributed by atoms with E-state index in [1.54, 1.807) is 46.8 Å². The molecule has 2 aromatic heterocycles. The van der Waals surface area contributed by atoms with Gasteiger partial charge in [-0.15, -0.1) is 0 Å². The maximum absolute atomic E-state index is 14.9. The highest BCUT2D eigenvalue weighted by Gasteiger charge is 2.40. The predicted molar refractivity (Wildman–Crippen MR) is 174 cm³/mol. The summed E-state index contributed by atoms with van der Waals surface area (Å²) in [6, 6.07) is 9.39. The SMILES string of the molecule is CN(CCC1CC[N+](C)(C)C1)C(=O)c1ccc(Nc2nccn3c(-c4ccc(OCC#N)c(F)c4F)cnc23)cc1Cl.COC(=O)C(F)(F)F. The van der Waals surface area contributed by atoms with Crippen molar-refractivity contribution < 1.29 is 45.5 Å². The van der Waals surface area contributed by atoms with Crippen molar-refractivity contribution in [2.75, 3.05) is 59.8 Å². The molecule has 1 atom stereocenters. The molecule has 1 aliphatic heterocycles. The van der Waals surface area contributed by atoms with E-state index in [9.17, 15) is 31.5 Å². The minimum atomic E-state index is -4.85. The second-order valence-electron chi connectivity index (χ2n) is 12.1. The van der Waals surface area contributed by atoms with E-state index in [0.717, 1.165) is 24.0 Å². The average molecular weight is 723 g/mol. The molecule has 0 bridgehead atoms. The lowest BCUT2D eigenvalue weighted by atomic mass is 10.0. The predicted octanol–water partition coefficient (Wildman–Crippen LogP) is 6.25. The van der Waals surface area contributed by atoms with E-state index in [2.05, 4.69) is 34.1 Å². The third-order valence-corrected chi connectivity index (χ3v) is 8.35. The quantitative estimate of drug-likeness (QED) is 0.122. The molecule has 1 amide bonds. The molecule has 11 nitrogen and oxygen atoms in total. The highest BCUT2D eigenvalue weighted by atomic mass is 35.5. The molecule has 3 heterocycles. The monoisotopic (exact) mass is 722 g/mol. The molecular weight excluding hydrogens is 689 g/mol. The number of hydrogen-bond donors (Lipinski definition) is 1. The van der Waals surface area contributed by atoms with Crippen LogP contribution in [0.15, 0.2) is 48.9 Å². The Balaban J connectivity index is 0.000000627. The van der Waals surface area contributed by atoms with E-state index < -0.39 is 30.4 Å². The zero-order chi connectivity index (χ0) is 36.8. The summed E-state index contributed by atoms with van der Waals surface area (Å²) in [5, 5.41) is 12.1. The molecule has 5 rings (SSSR count). The van der Waals surface area contributed by atoms with Crippen molar-refractivity contribution in [2.24, 2.45) is 5.92 Å². The van der Waals surface area contributed by atoms with Crippen molar-refractivity contribution in [3.05, 3.63) is 71.1 Å². The third kappa shape index (κ3) is 8.96. The van der Waals surface area contributed by atoms with Gasteiger partial charge in [-0.2, -0.15) is 22.8 Å². The lowest BCUT2D eigenvalue weighted by Gasteiger charge is -2.24. The Bertz CT molecular complexity index is 1910. The topological polar surface area (TPSA) is 122 Å². The Labute approximate surface area is 289 Å². The number of halogens is 6. The zero-order valence-corrected chi connectivity index (χ0v) is 28.3. The van der Waals surface area contributed by atoms with Gasteiger partial charge in [0.25, 0.3) is 5.91 Å². The number of aromatic nitrogens is 3. The first-order valence-corrected chi connectivity index (χ1v) is 15.5. The van der Waals surface area contributed by atoms with Crippen LogP contribution < -0.4 is 10.1 Å². The van der Waals surface area contributed by atoms with Gasteiger partial charge in [0.05, 0.1) is 56.8 Å². The van der Waals surface area contributed by atoms with Crippen molar-refractivity contribution >= 4 is 40.6 Å². The normalized spacial score (nSPS) is 15.1. The van der Waals surface area contributed by atoms with Gasteiger partial charge in [-0.05, 0) is 36.8 Å². The van der Waals surface area contributed by atoms with Crippen LogP contribution >= 0.6 is 11.6 Å². The summed E-state index contributed by atoms with van der Waals surface area (Å²) in [5.74, 6) is -4.02. The summed E-state index contributed by atoms with van der Waals surface area (Å²) in [6.45, 7) is 2.54. The van der Waals surface area contributed by atoms with Crippen LogP contribution in [0.3, 0.4) is 0 Å². The first kappa shape index (κ1) is 37.8. The van der Waals surface area contributed by atoms with Crippen LogP contribution in [0.25, 0.3) is 16.9 Å². The number of esters is 1. The number of fused-ring (bicyclic) bond motifs is 1. The van der Waals surface area contributed by atoms with Crippen LogP contribution in [0.4, 0.5) is 33.5 Å². The van der Waals surface area contributed by atoms with Crippen molar-refractivity contribution in [2.45, 2.75) is 19.0 Å². The molecule has 0 spiro atoms. The van der Waals surface area contributed by atoms with Crippen LogP contribution in [-0.2, 0) is 9.53 Å². The molecule has 266 valence electrons. The number of amides is 1. The van der Waals surface area contributed by atoms with Crippen LogP contribution in [0, 0.1) is 28.9 Å². The minimum absolute atomic E-state index is 0.0350.